The fourth-order valence-electron chi connectivity index (χ4n) is 2.53. The van der Waals surface area contributed by atoms with E-state index in [9.17, 15) is 17.6 Å². The molecule has 0 saturated carbocycles. The lowest BCUT2D eigenvalue weighted by molar-refractivity contribution is -0.123. The number of aryl methyl sites for hydroxylation is 1. The van der Waals surface area contributed by atoms with Crippen LogP contribution in [-0.2, 0) is 29.6 Å². The van der Waals surface area contributed by atoms with E-state index in [0.29, 0.717) is 16.1 Å². The predicted molar refractivity (Wildman–Crippen MR) is 96.3 cm³/mol. The number of hydrogen-bond acceptors (Lipinski definition) is 6. The number of carbonyl (C=O) groups is 1. The van der Waals surface area contributed by atoms with E-state index in [-0.39, 0.29) is 5.56 Å². The zero-order chi connectivity index (χ0) is 19.8. The largest absolute Gasteiger partial charge is 0.460 e. The van der Waals surface area contributed by atoms with Crippen molar-refractivity contribution in [2.45, 2.75) is 18.8 Å². The minimum Gasteiger partial charge on any atom is -0.460 e. The molecule has 0 fully saturated rings. The Labute approximate surface area is 160 Å². The molecule has 1 aliphatic heterocycles. The monoisotopic (exact) mass is 411 g/mol. The number of carbonyl (C=O) groups excluding carboxylic acids is 1. The SMILES string of the molecule is Cc1ccc(CS(=O)(=O)OC2=C(N)OC(c3ccc(Cl)cc3)C2=O)c(F)c1. The van der Waals surface area contributed by atoms with Gasteiger partial charge in [0.2, 0.25) is 17.4 Å². The molecule has 1 unspecified atom stereocenters. The lowest BCUT2D eigenvalue weighted by atomic mass is 10.1. The van der Waals surface area contributed by atoms with Crippen LogP contribution in [0.3, 0.4) is 0 Å². The summed E-state index contributed by atoms with van der Waals surface area (Å²) in [5.41, 5.74) is 6.62. The molecule has 3 rings (SSSR count). The Kier molecular flexibility index (Phi) is 5.12. The summed E-state index contributed by atoms with van der Waals surface area (Å²) in [6, 6.07) is 10.3. The van der Waals surface area contributed by atoms with E-state index in [1.165, 1.54) is 12.1 Å². The minimum atomic E-state index is -4.33. The first-order valence-corrected chi connectivity index (χ1v) is 9.75. The van der Waals surface area contributed by atoms with E-state index >= 15 is 0 Å². The molecule has 1 atom stereocenters. The van der Waals surface area contributed by atoms with Gasteiger partial charge < -0.3 is 14.7 Å². The Balaban J connectivity index is 1.78. The van der Waals surface area contributed by atoms with Gasteiger partial charge in [-0.2, -0.15) is 8.42 Å². The highest BCUT2D eigenvalue weighted by molar-refractivity contribution is 7.86. The van der Waals surface area contributed by atoms with Crippen molar-refractivity contribution < 1.29 is 26.5 Å². The van der Waals surface area contributed by atoms with Gasteiger partial charge in [-0.1, -0.05) is 35.9 Å². The van der Waals surface area contributed by atoms with Crippen molar-refractivity contribution in [3.05, 3.63) is 81.6 Å². The zero-order valence-corrected chi connectivity index (χ0v) is 15.7. The molecule has 142 valence electrons. The smallest absolute Gasteiger partial charge is 0.313 e. The Morgan fingerprint density at radius 2 is 1.89 bits per heavy atom. The number of Topliss-reactive ketones (excluding diaryl/α,β-unsaturated/α-hetero) is 1. The molecule has 0 aromatic heterocycles. The molecule has 0 aliphatic carbocycles. The molecule has 6 nitrogen and oxygen atoms in total. The first-order valence-electron chi connectivity index (χ1n) is 7.79. The summed E-state index contributed by atoms with van der Waals surface area (Å²) in [5.74, 6) is -3.26. The highest BCUT2D eigenvalue weighted by Crippen LogP contribution is 2.33. The second-order valence-corrected chi connectivity index (χ2v) is 7.99. The average Bonchev–Trinajstić information content (AvgIpc) is 2.86. The van der Waals surface area contributed by atoms with Gasteiger partial charge in [0.25, 0.3) is 0 Å². The molecule has 0 amide bonds. The van der Waals surface area contributed by atoms with E-state index in [1.54, 1.807) is 37.3 Å². The maximum atomic E-state index is 13.9. The molecular formula is C18H15ClFNO5S. The van der Waals surface area contributed by atoms with Crippen molar-refractivity contribution in [1.82, 2.24) is 0 Å². The zero-order valence-electron chi connectivity index (χ0n) is 14.1. The van der Waals surface area contributed by atoms with Gasteiger partial charge >= 0.3 is 10.1 Å². The Hall–Kier alpha value is -2.58. The van der Waals surface area contributed by atoms with Crippen LogP contribution >= 0.6 is 11.6 Å². The van der Waals surface area contributed by atoms with E-state index < -0.39 is 45.2 Å². The molecule has 1 heterocycles. The molecular weight excluding hydrogens is 397 g/mol. The van der Waals surface area contributed by atoms with E-state index in [0.717, 1.165) is 0 Å². The summed E-state index contributed by atoms with van der Waals surface area (Å²) >= 11 is 5.80. The Bertz CT molecular complexity index is 1030. The number of nitrogens with two attached hydrogens (primary N) is 1. The average molecular weight is 412 g/mol. The summed E-state index contributed by atoms with van der Waals surface area (Å²) < 4.78 is 48.5. The van der Waals surface area contributed by atoms with Crippen molar-refractivity contribution in [1.29, 1.82) is 0 Å². The van der Waals surface area contributed by atoms with Crippen molar-refractivity contribution >= 4 is 27.5 Å². The van der Waals surface area contributed by atoms with E-state index in [4.69, 9.17) is 26.3 Å². The van der Waals surface area contributed by atoms with Gasteiger partial charge in [0, 0.05) is 16.1 Å². The third kappa shape index (κ3) is 4.23. The van der Waals surface area contributed by atoms with Crippen LogP contribution in [0.4, 0.5) is 4.39 Å². The van der Waals surface area contributed by atoms with Gasteiger partial charge in [-0.15, -0.1) is 0 Å². The van der Waals surface area contributed by atoms with Crippen LogP contribution in [0, 0.1) is 12.7 Å². The van der Waals surface area contributed by atoms with Gasteiger partial charge in [-0.3, -0.25) is 4.79 Å². The predicted octanol–water partition coefficient (Wildman–Crippen LogP) is 3.10. The number of benzene rings is 2. The summed E-state index contributed by atoms with van der Waals surface area (Å²) in [6.45, 7) is 1.68. The highest BCUT2D eigenvalue weighted by Gasteiger charge is 2.39. The lowest BCUT2D eigenvalue weighted by Crippen LogP contribution is -2.16. The third-order valence-corrected chi connectivity index (χ3v) is 5.19. The highest BCUT2D eigenvalue weighted by atomic mass is 35.5. The fraction of sp³-hybridized carbons (Fsp3) is 0.167. The van der Waals surface area contributed by atoms with Crippen LogP contribution in [0.25, 0.3) is 0 Å². The summed E-state index contributed by atoms with van der Waals surface area (Å²) in [7, 11) is -4.33. The number of ether oxygens (including phenoxy) is 1. The topological polar surface area (TPSA) is 95.7 Å². The quantitative estimate of drug-likeness (QED) is 0.759. The first-order chi connectivity index (χ1) is 12.7. The van der Waals surface area contributed by atoms with Gasteiger partial charge in [0.1, 0.15) is 11.6 Å². The van der Waals surface area contributed by atoms with Crippen LogP contribution in [0.5, 0.6) is 0 Å². The van der Waals surface area contributed by atoms with Crippen molar-refractivity contribution in [2.24, 2.45) is 5.73 Å². The maximum Gasteiger partial charge on any atom is 0.313 e. The number of ketones is 1. The molecule has 9 heteroatoms. The summed E-state index contributed by atoms with van der Waals surface area (Å²) in [6.07, 6.45) is -1.14. The molecule has 0 radical (unpaired) electrons. The molecule has 2 N–H and O–H groups in total. The molecule has 2 aromatic carbocycles. The van der Waals surface area contributed by atoms with Crippen LogP contribution in [0.1, 0.15) is 22.8 Å². The lowest BCUT2D eigenvalue weighted by Gasteiger charge is -2.10. The molecule has 0 saturated heterocycles. The second-order valence-electron chi connectivity index (χ2n) is 5.99. The van der Waals surface area contributed by atoms with Crippen LogP contribution in [0.15, 0.2) is 54.1 Å². The van der Waals surface area contributed by atoms with Crippen LogP contribution in [-0.4, -0.2) is 14.2 Å². The van der Waals surface area contributed by atoms with Crippen molar-refractivity contribution in [3.63, 3.8) is 0 Å². The number of halogens is 2. The van der Waals surface area contributed by atoms with Crippen LogP contribution < -0.4 is 5.73 Å². The summed E-state index contributed by atoms with van der Waals surface area (Å²) in [4.78, 5) is 12.5. The molecule has 0 bridgehead atoms. The number of rotatable bonds is 5. The van der Waals surface area contributed by atoms with Gasteiger partial charge in [0.05, 0.1) is 0 Å². The van der Waals surface area contributed by atoms with Gasteiger partial charge in [-0.25, -0.2) is 4.39 Å². The summed E-state index contributed by atoms with van der Waals surface area (Å²) in [5, 5.41) is 0.462. The molecule has 2 aromatic rings. The fourth-order valence-corrected chi connectivity index (χ4v) is 3.75. The van der Waals surface area contributed by atoms with E-state index in [2.05, 4.69) is 0 Å². The molecule has 27 heavy (non-hydrogen) atoms. The van der Waals surface area contributed by atoms with Crippen molar-refractivity contribution in [3.8, 4) is 0 Å². The van der Waals surface area contributed by atoms with Crippen LogP contribution in [0.2, 0.25) is 5.02 Å². The minimum absolute atomic E-state index is 0.0830. The van der Waals surface area contributed by atoms with Gasteiger partial charge in [0.15, 0.2) is 6.10 Å². The Morgan fingerprint density at radius 3 is 2.52 bits per heavy atom. The third-order valence-electron chi connectivity index (χ3n) is 3.85. The normalized spacial score (nSPS) is 17.1. The second kappa shape index (κ2) is 7.21. The standard InChI is InChI=1S/C18H15ClFNO5S/c1-10-2-3-12(14(20)8-10)9-27(23,24)26-17-15(22)16(25-18(17)21)11-4-6-13(19)7-5-11/h2-8,16H,9,21H2,1H3. The van der Waals surface area contributed by atoms with Crippen molar-refractivity contribution in [2.75, 3.05) is 0 Å². The first kappa shape index (κ1) is 19.2. The van der Waals surface area contributed by atoms with E-state index in [1.807, 2.05) is 0 Å². The molecule has 0 spiro atoms. The Morgan fingerprint density at radius 1 is 1.22 bits per heavy atom. The number of hydrogen-bond donors (Lipinski definition) is 1. The molecule has 1 aliphatic rings. The van der Waals surface area contributed by atoms with Gasteiger partial charge in [-0.05, 0) is 30.7 Å². The maximum absolute atomic E-state index is 13.9.